The summed E-state index contributed by atoms with van der Waals surface area (Å²) in [4.78, 5) is 12.4. The van der Waals surface area contributed by atoms with Crippen LogP contribution in [0.4, 0.5) is 0 Å². The molecule has 1 nitrogen and oxygen atoms in total. The van der Waals surface area contributed by atoms with Gasteiger partial charge in [-0.25, -0.2) is 0 Å². The van der Waals surface area contributed by atoms with Crippen molar-refractivity contribution in [2.45, 2.75) is 77.0 Å². The lowest BCUT2D eigenvalue weighted by Crippen LogP contribution is -2.21. The van der Waals surface area contributed by atoms with Crippen LogP contribution in [0.15, 0.2) is 42.0 Å². The van der Waals surface area contributed by atoms with E-state index in [9.17, 15) is 4.79 Å². The van der Waals surface area contributed by atoms with Gasteiger partial charge < -0.3 is 0 Å². The molecule has 0 saturated heterocycles. The molecule has 0 fully saturated rings. The molecule has 0 aromatic heterocycles. The zero-order valence-corrected chi connectivity index (χ0v) is 14.2. The molecule has 1 unspecified atom stereocenters. The van der Waals surface area contributed by atoms with E-state index >= 15 is 0 Å². The Hall–Kier alpha value is -1.37. The summed E-state index contributed by atoms with van der Waals surface area (Å²) < 4.78 is 0. The van der Waals surface area contributed by atoms with E-state index in [0.717, 1.165) is 24.8 Å². The Kier molecular flexibility index (Phi) is 6.42. The van der Waals surface area contributed by atoms with Crippen LogP contribution in [0, 0.1) is 0 Å². The molecule has 1 aliphatic rings. The van der Waals surface area contributed by atoms with E-state index in [4.69, 9.17) is 0 Å². The summed E-state index contributed by atoms with van der Waals surface area (Å²) in [6, 6.07) is 10.5. The fourth-order valence-electron chi connectivity index (χ4n) is 3.56. The SMILES string of the molecule is CCCCCCCCC1=CC(CC)(c2ccccc2)CC1=O. The van der Waals surface area contributed by atoms with E-state index in [1.54, 1.807) is 0 Å². The van der Waals surface area contributed by atoms with Gasteiger partial charge in [0.2, 0.25) is 0 Å². The van der Waals surface area contributed by atoms with Gasteiger partial charge in [0.15, 0.2) is 5.78 Å². The quantitative estimate of drug-likeness (QED) is 0.512. The molecule has 1 heteroatoms. The lowest BCUT2D eigenvalue weighted by Gasteiger charge is -2.25. The van der Waals surface area contributed by atoms with Crippen molar-refractivity contribution >= 4 is 5.78 Å². The van der Waals surface area contributed by atoms with Gasteiger partial charge in [0.25, 0.3) is 0 Å². The van der Waals surface area contributed by atoms with E-state index in [-0.39, 0.29) is 5.41 Å². The Morgan fingerprint density at radius 2 is 1.64 bits per heavy atom. The maximum absolute atomic E-state index is 12.4. The van der Waals surface area contributed by atoms with Crippen molar-refractivity contribution in [2.75, 3.05) is 0 Å². The highest BCUT2D eigenvalue weighted by Crippen LogP contribution is 2.41. The van der Waals surface area contributed by atoms with Gasteiger partial charge in [-0.15, -0.1) is 0 Å². The molecule has 1 aromatic rings. The van der Waals surface area contributed by atoms with Crippen molar-refractivity contribution in [3.05, 3.63) is 47.5 Å². The van der Waals surface area contributed by atoms with Crippen molar-refractivity contribution < 1.29 is 4.79 Å². The second kappa shape index (κ2) is 8.31. The van der Waals surface area contributed by atoms with Gasteiger partial charge in [-0.05, 0) is 30.4 Å². The molecule has 1 aliphatic carbocycles. The average Bonchev–Trinajstić information content (AvgIpc) is 2.89. The Balaban J connectivity index is 1.95. The normalized spacial score (nSPS) is 21.2. The zero-order valence-electron chi connectivity index (χ0n) is 14.2. The lowest BCUT2D eigenvalue weighted by atomic mass is 9.78. The third-order valence-corrected chi connectivity index (χ3v) is 5.06. The summed E-state index contributed by atoms with van der Waals surface area (Å²) in [5.74, 6) is 0.374. The summed E-state index contributed by atoms with van der Waals surface area (Å²) in [5.41, 5.74) is 2.33. The van der Waals surface area contributed by atoms with Gasteiger partial charge in [-0.3, -0.25) is 4.79 Å². The molecule has 0 heterocycles. The molecule has 0 bridgehead atoms. The number of carbonyl (C=O) groups is 1. The molecule has 1 aromatic carbocycles. The summed E-state index contributed by atoms with van der Waals surface area (Å²) in [6.45, 7) is 4.44. The van der Waals surface area contributed by atoms with E-state index in [0.29, 0.717) is 12.2 Å². The Morgan fingerprint density at radius 1 is 0.955 bits per heavy atom. The number of Topliss-reactive ketones (excluding diaryl/α,β-unsaturated/α-hetero) is 1. The second-order valence-corrected chi connectivity index (χ2v) is 6.66. The highest BCUT2D eigenvalue weighted by molar-refractivity contribution is 5.99. The Bertz CT molecular complexity index is 500. The minimum atomic E-state index is -0.0457. The number of ketones is 1. The van der Waals surface area contributed by atoms with E-state index in [1.807, 2.05) is 6.07 Å². The van der Waals surface area contributed by atoms with Crippen LogP contribution >= 0.6 is 0 Å². The second-order valence-electron chi connectivity index (χ2n) is 6.66. The molecule has 0 spiro atoms. The Morgan fingerprint density at radius 3 is 2.32 bits per heavy atom. The molecule has 0 aliphatic heterocycles. The van der Waals surface area contributed by atoms with Gasteiger partial charge >= 0.3 is 0 Å². The summed E-state index contributed by atoms with van der Waals surface area (Å²) in [7, 11) is 0. The monoisotopic (exact) mass is 298 g/mol. The van der Waals surface area contributed by atoms with Crippen LogP contribution in [-0.4, -0.2) is 5.78 Å². The molecule has 0 N–H and O–H groups in total. The molecule has 120 valence electrons. The maximum atomic E-state index is 12.4. The number of allylic oxidation sites excluding steroid dienone is 2. The molecule has 22 heavy (non-hydrogen) atoms. The molecule has 0 radical (unpaired) electrons. The first-order chi connectivity index (χ1) is 10.7. The summed E-state index contributed by atoms with van der Waals surface area (Å²) >= 11 is 0. The molecule has 0 saturated carbocycles. The smallest absolute Gasteiger partial charge is 0.159 e. The fraction of sp³-hybridized carbons (Fsp3) is 0.571. The van der Waals surface area contributed by atoms with Crippen molar-refractivity contribution in [1.82, 2.24) is 0 Å². The van der Waals surface area contributed by atoms with Crippen molar-refractivity contribution in [3.8, 4) is 0 Å². The third kappa shape index (κ3) is 4.09. The van der Waals surface area contributed by atoms with Crippen molar-refractivity contribution in [1.29, 1.82) is 0 Å². The van der Waals surface area contributed by atoms with Crippen LogP contribution in [0.25, 0.3) is 0 Å². The number of hydrogen-bond acceptors (Lipinski definition) is 1. The van der Waals surface area contributed by atoms with Crippen LogP contribution in [0.5, 0.6) is 0 Å². The topological polar surface area (TPSA) is 17.1 Å². The van der Waals surface area contributed by atoms with E-state index in [1.165, 1.54) is 37.7 Å². The maximum Gasteiger partial charge on any atom is 0.159 e. The highest BCUT2D eigenvalue weighted by atomic mass is 16.1. The number of carbonyl (C=O) groups excluding carboxylic acids is 1. The van der Waals surface area contributed by atoms with E-state index < -0.39 is 0 Å². The van der Waals surface area contributed by atoms with Crippen molar-refractivity contribution in [3.63, 3.8) is 0 Å². The fourth-order valence-corrected chi connectivity index (χ4v) is 3.56. The van der Waals surface area contributed by atoms with Crippen molar-refractivity contribution in [2.24, 2.45) is 0 Å². The Labute approximate surface area is 135 Å². The first-order valence-electron chi connectivity index (χ1n) is 9.02. The largest absolute Gasteiger partial charge is 0.295 e. The number of hydrogen-bond donors (Lipinski definition) is 0. The van der Waals surface area contributed by atoms with Crippen LogP contribution in [0.1, 0.15) is 77.2 Å². The van der Waals surface area contributed by atoms with Gasteiger partial charge in [0.05, 0.1) is 0 Å². The van der Waals surface area contributed by atoms with Gasteiger partial charge in [0, 0.05) is 11.8 Å². The zero-order chi connectivity index (χ0) is 15.8. The van der Waals surface area contributed by atoms with E-state index in [2.05, 4.69) is 44.2 Å². The van der Waals surface area contributed by atoms with Crippen LogP contribution in [0.2, 0.25) is 0 Å². The van der Waals surface area contributed by atoms with Gasteiger partial charge in [0.1, 0.15) is 0 Å². The van der Waals surface area contributed by atoms with Crippen LogP contribution in [0.3, 0.4) is 0 Å². The number of benzene rings is 1. The molecule has 1 atom stereocenters. The number of rotatable bonds is 9. The molecular weight excluding hydrogens is 268 g/mol. The predicted molar refractivity (Wildman–Crippen MR) is 94.1 cm³/mol. The van der Waals surface area contributed by atoms with Gasteiger partial charge in [-0.2, -0.15) is 0 Å². The average molecular weight is 298 g/mol. The molecule has 0 amide bonds. The van der Waals surface area contributed by atoms with Gasteiger partial charge in [-0.1, -0.05) is 82.4 Å². The summed E-state index contributed by atoms with van der Waals surface area (Å²) in [6.07, 6.45) is 12.6. The standard InChI is InChI=1S/C21H30O/c1-3-5-6-7-8-10-13-18-16-21(4-2,17-20(18)22)19-14-11-9-12-15-19/h9,11-12,14-16H,3-8,10,13,17H2,1-2H3. The first-order valence-corrected chi connectivity index (χ1v) is 9.02. The summed E-state index contributed by atoms with van der Waals surface area (Å²) in [5, 5.41) is 0. The van der Waals surface area contributed by atoms with Crippen LogP contribution < -0.4 is 0 Å². The predicted octanol–water partition coefficient (Wildman–Crippen LogP) is 5.98. The first kappa shape index (κ1) is 17.0. The molecule has 2 rings (SSSR count). The molecular formula is C21H30O. The minimum Gasteiger partial charge on any atom is -0.295 e. The third-order valence-electron chi connectivity index (χ3n) is 5.06. The number of unbranched alkanes of at least 4 members (excludes halogenated alkanes) is 5. The van der Waals surface area contributed by atoms with Crippen LogP contribution in [-0.2, 0) is 10.2 Å². The highest BCUT2D eigenvalue weighted by Gasteiger charge is 2.37. The minimum absolute atomic E-state index is 0.0457. The lowest BCUT2D eigenvalue weighted by molar-refractivity contribution is -0.115.